The van der Waals surface area contributed by atoms with Crippen LogP contribution in [0.3, 0.4) is 0 Å². The van der Waals surface area contributed by atoms with Gasteiger partial charge in [-0.25, -0.2) is 0 Å². The molecule has 0 radical (unpaired) electrons. The van der Waals surface area contributed by atoms with Gasteiger partial charge >= 0.3 is 0 Å². The Bertz CT molecular complexity index is 265. The van der Waals surface area contributed by atoms with Crippen LogP contribution >= 0.6 is 0 Å². The van der Waals surface area contributed by atoms with Crippen molar-refractivity contribution in [3.8, 4) is 0 Å². The summed E-state index contributed by atoms with van der Waals surface area (Å²) in [6.45, 7) is 6.43. The van der Waals surface area contributed by atoms with Gasteiger partial charge in [-0.1, -0.05) is 19.8 Å². The molecule has 0 aromatic heterocycles. The van der Waals surface area contributed by atoms with E-state index in [1.54, 1.807) is 0 Å². The molecule has 0 amide bonds. The second-order valence-electron chi connectivity index (χ2n) is 6.66. The highest BCUT2D eigenvalue weighted by atomic mass is 16.3. The monoisotopic (exact) mass is 268 g/mol. The molecule has 112 valence electrons. The van der Waals surface area contributed by atoms with Crippen LogP contribution in [0.2, 0.25) is 0 Å². The van der Waals surface area contributed by atoms with Gasteiger partial charge in [-0.15, -0.1) is 0 Å². The normalized spacial score (nSPS) is 36.8. The summed E-state index contributed by atoms with van der Waals surface area (Å²) >= 11 is 0. The molecule has 1 saturated carbocycles. The SMILES string of the molecule is CCC1CCCN(CCC2CCCC2(CO)NC)C1. The Balaban J connectivity index is 1.81. The number of likely N-dealkylation sites (tertiary alicyclic amines) is 1. The summed E-state index contributed by atoms with van der Waals surface area (Å²) in [5, 5.41) is 13.1. The number of piperidine rings is 1. The van der Waals surface area contributed by atoms with Gasteiger partial charge in [0.2, 0.25) is 0 Å². The Kier molecular flexibility index (Phi) is 5.67. The van der Waals surface area contributed by atoms with Crippen LogP contribution in [0.4, 0.5) is 0 Å². The van der Waals surface area contributed by atoms with Crippen molar-refractivity contribution in [1.82, 2.24) is 10.2 Å². The Morgan fingerprint density at radius 3 is 2.84 bits per heavy atom. The molecule has 2 rings (SSSR count). The third kappa shape index (κ3) is 3.50. The second kappa shape index (κ2) is 7.05. The molecular formula is C16H32N2O. The van der Waals surface area contributed by atoms with Crippen molar-refractivity contribution in [3.63, 3.8) is 0 Å². The molecule has 2 N–H and O–H groups in total. The van der Waals surface area contributed by atoms with Crippen molar-refractivity contribution in [2.75, 3.05) is 33.3 Å². The first kappa shape index (κ1) is 15.3. The van der Waals surface area contributed by atoms with E-state index < -0.39 is 0 Å². The highest BCUT2D eigenvalue weighted by Crippen LogP contribution is 2.37. The maximum atomic E-state index is 9.73. The molecule has 0 bridgehead atoms. The van der Waals surface area contributed by atoms with Gasteiger partial charge in [0.25, 0.3) is 0 Å². The zero-order chi connectivity index (χ0) is 13.7. The lowest BCUT2D eigenvalue weighted by Crippen LogP contribution is -2.50. The molecule has 19 heavy (non-hydrogen) atoms. The smallest absolute Gasteiger partial charge is 0.0615 e. The van der Waals surface area contributed by atoms with Gasteiger partial charge in [0.15, 0.2) is 0 Å². The fraction of sp³-hybridized carbons (Fsp3) is 1.00. The second-order valence-corrected chi connectivity index (χ2v) is 6.66. The predicted octanol–water partition coefficient (Wildman–Crippen LogP) is 2.25. The fourth-order valence-corrected chi connectivity index (χ4v) is 4.21. The summed E-state index contributed by atoms with van der Waals surface area (Å²) in [5.74, 6) is 1.58. The number of aliphatic hydroxyl groups is 1. The lowest BCUT2D eigenvalue weighted by Gasteiger charge is -2.37. The summed E-state index contributed by atoms with van der Waals surface area (Å²) in [4.78, 5) is 2.66. The van der Waals surface area contributed by atoms with Crippen LogP contribution in [0.5, 0.6) is 0 Å². The van der Waals surface area contributed by atoms with Crippen molar-refractivity contribution in [1.29, 1.82) is 0 Å². The zero-order valence-corrected chi connectivity index (χ0v) is 12.8. The number of nitrogens with one attached hydrogen (secondary N) is 1. The third-order valence-corrected chi connectivity index (χ3v) is 5.71. The summed E-state index contributed by atoms with van der Waals surface area (Å²) < 4.78 is 0. The average Bonchev–Trinajstić information content (AvgIpc) is 2.88. The van der Waals surface area contributed by atoms with E-state index in [9.17, 15) is 5.11 Å². The van der Waals surface area contributed by atoms with Crippen LogP contribution in [0.1, 0.15) is 51.9 Å². The highest BCUT2D eigenvalue weighted by Gasteiger charge is 2.40. The van der Waals surface area contributed by atoms with Gasteiger partial charge in [-0.3, -0.25) is 0 Å². The van der Waals surface area contributed by atoms with Crippen LogP contribution in [0.15, 0.2) is 0 Å². The van der Waals surface area contributed by atoms with Crippen LogP contribution in [-0.4, -0.2) is 48.8 Å². The number of aliphatic hydroxyl groups excluding tert-OH is 1. The van der Waals surface area contributed by atoms with Gasteiger partial charge in [-0.2, -0.15) is 0 Å². The van der Waals surface area contributed by atoms with E-state index >= 15 is 0 Å². The Hall–Kier alpha value is -0.120. The maximum absolute atomic E-state index is 9.73. The summed E-state index contributed by atoms with van der Waals surface area (Å²) in [6.07, 6.45) is 9.07. The number of likely N-dealkylation sites (N-methyl/N-ethyl adjacent to an activating group) is 1. The Labute approximate surface area is 118 Å². The lowest BCUT2D eigenvalue weighted by molar-refractivity contribution is 0.108. The van der Waals surface area contributed by atoms with E-state index in [0.29, 0.717) is 12.5 Å². The van der Waals surface area contributed by atoms with Gasteiger partial charge < -0.3 is 15.3 Å². The van der Waals surface area contributed by atoms with E-state index in [2.05, 4.69) is 17.1 Å². The molecule has 3 nitrogen and oxygen atoms in total. The molecule has 0 aromatic rings. The minimum absolute atomic E-state index is 0.0138. The first-order valence-corrected chi connectivity index (χ1v) is 8.26. The summed E-state index contributed by atoms with van der Waals surface area (Å²) in [5.41, 5.74) is 0.0138. The van der Waals surface area contributed by atoms with E-state index in [-0.39, 0.29) is 5.54 Å². The number of hydrogen-bond donors (Lipinski definition) is 2. The summed E-state index contributed by atoms with van der Waals surface area (Å²) in [6, 6.07) is 0. The molecule has 1 saturated heterocycles. The van der Waals surface area contributed by atoms with Crippen molar-refractivity contribution in [2.45, 2.75) is 57.4 Å². The number of rotatable bonds is 6. The van der Waals surface area contributed by atoms with Gasteiger partial charge in [0.05, 0.1) is 6.61 Å². The van der Waals surface area contributed by atoms with Crippen LogP contribution in [0.25, 0.3) is 0 Å². The van der Waals surface area contributed by atoms with Crippen molar-refractivity contribution < 1.29 is 5.11 Å². The molecule has 2 aliphatic rings. The number of hydrogen-bond acceptors (Lipinski definition) is 3. The quantitative estimate of drug-likeness (QED) is 0.775. The molecule has 1 aliphatic heterocycles. The molecule has 1 heterocycles. The predicted molar refractivity (Wildman–Crippen MR) is 80.3 cm³/mol. The first-order valence-electron chi connectivity index (χ1n) is 8.26. The van der Waals surface area contributed by atoms with E-state index in [4.69, 9.17) is 0 Å². The molecule has 0 aromatic carbocycles. The van der Waals surface area contributed by atoms with Gasteiger partial charge in [0.1, 0.15) is 0 Å². The molecule has 3 unspecified atom stereocenters. The molecule has 1 aliphatic carbocycles. The minimum Gasteiger partial charge on any atom is -0.394 e. The fourth-order valence-electron chi connectivity index (χ4n) is 4.21. The summed E-state index contributed by atoms with van der Waals surface area (Å²) in [7, 11) is 2.02. The molecule has 0 spiro atoms. The highest BCUT2D eigenvalue weighted by molar-refractivity contribution is 4.98. The van der Waals surface area contributed by atoms with Crippen LogP contribution in [0, 0.1) is 11.8 Å². The molecule has 3 heteroatoms. The van der Waals surface area contributed by atoms with E-state index in [0.717, 1.165) is 12.3 Å². The topological polar surface area (TPSA) is 35.5 Å². The van der Waals surface area contributed by atoms with Crippen LogP contribution < -0.4 is 5.32 Å². The van der Waals surface area contributed by atoms with Gasteiger partial charge in [-0.05, 0) is 64.1 Å². The van der Waals surface area contributed by atoms with E-state index in [1.165, 1.54) is 58.2 Å². The van der Waals surface area contributed by atoms with E-state index in [1.807, 2.05) is 7.05 Å². The zero-order valence-electron chi connectivity index (χ0n) is 12.8. The lowest BCUT2D eigenvalue weighted by atomic mass is 9.85. The molecule has 2 fully saturated rings. The van der Waals surface area contributed by atoms with Crippen molar-refractivity contribution >= 4 is 0 Å². The standard InChI is InChI=1S/C16H32N2O/c1-3-14-6-5-10-18(12-14)11-8-15-7-4-9-16(15,13-19)17-2/h14-15,17,19H,3-13H2,1-2H3. The molecule has 3 atom stereocenters. The van der Waals surface area contributed by atoms with Crippen molar-refractivity contribution in [2.24, 2.45) is 11.8 Å². The van der Waals surface area contributed by atoms with Gasteiger partial charge in [0, 0.05) is 12.1 Å². The first-order chi connectivity index (χ1) is 9.24. The third-order valence-electron chi connectivity index (χ3n) is 5.71. The largest absolute Gasteiger partial charge is 0.394 e. The Morgan fingerprint density at radius 1 is 1.32 bits per heavy atom. The minimum atomic E-state index is 0.0138. The molecular weight excluding hydrogens is 236 g/mol. The van der Waals surface area contributed by atoms with Crippen molar-refractivity contribution in [3.05, 3.63) is 0 Å². The van der Waals surface area contributed by atoms with Crippen LogP contribution in [-0.2, 0) is 0 Å². The maximum Gasteiger partial charge on any atom is 0.0615 e. The Morgan fingerprint density at radius 2 is 2.16 bits per heavy atom. The number of nitrogens with zero attached hydrogens (tertiary/aromatic N) is 1. The average molecular weight is 268 g/mol.